The number of hydrogen-bond acceptors (Lipinski definition) is 6. The van der Waals surface area contributed by atoms with Gasteiger partial charge in [0.05, 0.1) is 17.6 Å². The molecule has 2 unspecified atom stereocenters. The molecule has 0 aromatic rings. The molecule has 0 spiro atoms. The number of nitrogens with one attached hydrogen (secondary N) is 3. The Morgan fingerprint density at radius 1 is 1.22 bits per heavy atom. The molecule has 0 aromatic heterocycles. The molecule has 3 N–H and O–H groups in total. The summed E-state index contributed by atoms with van der Waals surface area (Å²) in [5, 5.41) is 5.98. The second-order valence-corrected chi connectivity index (χ2v) is 10.8. The zero-order chi connectivity index (χ0) is 19.6. The lowest BCUT2D eigenvalue weighted by molar-refractivity contribution is 0.0200. The van der Waals surface area contributed by atoms with Crippen molar-refractivity contribution in [2.24, 2.45) is 4.99 Å². The van der Waals surface area contributed by atoms with Crippen molar-refractivity contribution in [1.29, 1.82) is 0 Å². The van der Waals surface area contributed by atoms with Gasteiger partial charge >= 0.3 is 0 Å². The van der Waals surface area contributed by atoms with Crippen LogP contribution in [-0.4, -0.2) is 79.4 Å². The quantitative estimate of drug-likeness (QED) is 0.204. The molecule has 1 heterocycles. The molecule has 0 radical (unpaired) electrons. The van der Waals surface area contributed by atoms with Gasteiger partial charge in [0.1, 0.15) is 9.84 Å². The van der Waals surface area contributed by atoms with Gasteiger partial charge in [-0.2, -0.15) is 0 Å². The molecular weight excluding hydrogens is 507 g/mol. The molecule has 162 valence electrons. The third-order valence-corrected chi connectivity index (χ3v) is 6.32. The Labute approximate surface area is 180 Å². The minimum Gasteiger partial charge on any atom is -0.377 e. The number of sulfone groups is 1. The zero-order valence-corrected chi connectivity index (χ0v) is 20.2. The Hall–Kier alpha value is -0.180. The highest BCUT2D eigenvalue weighted by molar-refractivity contribution is 14.0. The van der Waals surface area contributed by atoms with Gasteiger partial charge in [-0.3, -0.25) is 4.99 Å². The largest absolute Gasteiger partial charge is 0.377 e. The summed E-state index contributed by atoms with van der Waals surface area (Å²) in [6.07, 6.45) is 4.57. The highest BCUT2D eigenvalue weighted by Gasteiger charge is 2.18. The first-order chi connectivity index (χ1) is 12.1. The van der Waals surface area contributed by atoms with Crippen molar-refractivity contribution in [2.75, 3.05) is 44.5 Å². The molecule has 1 fully saturated rings. The highest BCUT2D eigenvalue weighted by Crippen LogP contribution is 2.11. The topological polar surface area (TPSA) is 126 Å². The van der Waals surface area contributed by atoms with Crippen LogP contribution in [0.25, 0.3) is 0 Å². The fraction of sp³-hybridized carbons (Fsp3) is 0.933. The summed E-state index contributed by atoms with van der Waals surface area (Å²) in [4.78, 5) is 4.02. The van der Waals surface area contributed by atoms with Gasteiger partial charge in [0.25, 0.3) is 0 Å². The van der Waals surface area contributed by atoms with E-state index in [1.54, 1.807) is 7.05 Å². The van der Waals surface area contributed by atoms with Crippen molar-refractivity contribution in [3.8, 4) is 0 Å². The van der Waals surface area contributed by atoms with E-state index in [2.05, 4.69) is 20.3 Å². The van der Waals surface area contributed by atoms with Gasteiger partial charge in [-0.05, 0) is 32.6 Å². The Morgan fingerprint density at radius 3 is 2.48 bits per heavy atom. The lowest BCUT2D eigenvalue weighted by Crippen LogP contribution is -2.45. The van der Waals surface area contributed by atoms with Crippen LogP contribution in [0.15, 0.2) is 4.99 Å². The van der Waals surface area contributed by atoms with E-state index in [1.165, 1.54) is 6.26 Å². The second-order valence-electron chi connectivity index (χ2n) is 6.62. The van der Waals surface area contributed by atoms with Crippen molar-refractivity contribution in [3.63, 3.8) is 0 Å². The molecule has 1 saturated heterocycles. The van der Waals surface area contributed by atoms with Gasteiger partial charge in [0, 0.05) is 39.0 Å². The SMILES string of the molecule is CN=C(NCCS(=O)(=O)NCC1CCCCO1)NC(C)CCS(C)(=O)=O.I. The maximum absolute atomic E-state index is 12.0. The van der Waals surface area contributed by atoms with Crippen molar-refractivity contribution in [1.82, 2.24) is 15.4 Å². The molecule has 27 heavy (non-hydrogen) atoms. The number of aliphatic imine (C=N–C) groups is 1. The van der Waals surface area contributed by atoms with E-state index in [-0.39, 0.29) is 54.2 Å². The first-order valence-corrected chi connectivity index (χ1v) is 12.6. The van der Waals surface area contributed by atoms with E-state index in [4.69, 9.17) is 4.74 Å². The van der Waals surface area contributed by atoms with E-state index in [9.17, 15) is 16.8 Å². The lowest BCUT2D eigenvalue weighted by Gasteiger charge is -2.22. The van der Waals surface area contributed by atoms with Gasteiger partial charge < -0.3 is 15.4 Å². The molecular formula is C15H33IN4O5S2. The molecule has 0 aliphatic carbocycles. The molecule has 0 bridgehead atoms. The molecule has 0 aromatic carbocycles. The number of sulfonamides is 1. The van der Waals surface area contributed by atoms with Gasteiger partial charge in [-0.1, -0.05) is 0 Å². The van der Waals surface area contributed by atoms with Crippen molar-refractivity contribution in [3.05, 3.63) is 0 Å². The summed E-state index contributed by atoms with van der Waals surface area (Å²) in [6.45, 7) is 3.03. The summed E-state index contributed by atoms with van der Waals surface area (Å²) < 4.78 is 54.6. The summed E-state index contributed by atoms with van der Waals surface area (Å²) in [5.41, 5.74) is 0. The number of nitrogens with zero attached hydrogens (tertiary/aromatic N) is 1. The maximum atomic E-state index is 12.0. The predicted molar refractivity (Wildman–Crippen MR) is 119 cm³/mol. The number of rotatable bonds is 10. The first-order valence-electron chi connectivity index (χ1n) is 8.85. The summed E-state index contributed by atoms with van der Waals surface area (Å²) >= 11 is 0. The lowest BCUT2D eigenvalue weighted by atomic mass is 10.1. The molecule has 2 atom stereocenters. The van der Waals surface area contributed by atoms with Crippen molar-refractivity contribution >= 4 is 49.8 Å². The van der Waals surface area contributed by atoms with Crippen LogP contribution in [0.3, 0.4) is 0 Å². The molecule has 1 aliphatic heterocycles. The fourth-order valence-electron chi connectivity index (χ4n) is 2.46. The normalized spacial score (nSPS) is 19.8. The standard InChI is InChI=1S/C15H32N4O5S2.HI/c1-13(7-10-25(3,20)21)19-15(16-2)17-8-11-26(22,23)18-12-14-6-4-5-9-24-14;/h13-14,18H,4-12H2,1-3H3,(H2,16,17,19);1H. The van der Waals surface area contributed by atoms with Gasteiger partial charge in [0.15, 0.2) is 5.96 Å². The monoisotopic (exact) mass is 540 g/mol. The minimum absolute atomic E-state index is 0. The Morgan fingerprint density at radius 2 is 1.93 bits per heavy atom. The van der Waals surface area contributed by atoms with E-state index in [0.29, 0.717) is 25.5 Å². The van der Waals surface area contributed by atoms with Crippen LogP contribution in [0.5, 0.6) is 0 Å². The van der Waals surface area contributed by atoms with E-state index in [1.807, 2.05) is 6.92 Å². The number of hydrogen-bond donors (Lipinski definition) is 3. The van der Waals surface area contributed by atoms with E-state index >= 15 is 0 Å². The van der Waals surface area contributed by atoms with Crippen molar-refractivity contribution in [2.45, 2.75) is 44.8 Å². The molecule has 12 heteroatoms. The molecule has 0 saturated carbocycles. The van der Waals surface area contributed by atoms with Crippen molar-refractivity contribution < 1.29 is 21.6 Å². The van der Waals surface area contributed by atoms with Crippen LogP contribution >= 0.6 is 24.0 Å². The third kappa shape index (κ3) is 13.6. The highest BCUT2D eigenvalue weighted by atomic mass is 127. The summed E-state index contributed by atoms with van der Waals surface area (Å²) in [5.74, 6) is 0.439. The van der Waals surface area contributed by atoms with E-state index in [0.717, 1.165) is 19.3 Å². The van der Waals surface area contributed by atoms with Gasteiger partial charge in [-0.25, -0.2) is 21.6 Å². The summed E-state index contributed by atoms with van der Waals surface area (Å²) in [6, 6.07) is -0.103. The van der Waals surface area contributed by atoms with Crippen LogP contribution < -0.4 is 15.4 Å². The van der Waals surface area contributed by atoms with E-state index < -0.39 is 19.9 Å². The summed E-state index contributed by atoms with van der Waals surface area (Å²) in [7, 11) is -4.83. The van der Waals surface area contributed by atoms with Crippen LogP contribution in [0.2, 0.25) is 0 Å². The average Bonchev–Trinajstić information content (AvgIpc) is 2.57. The maximum Gasteiger partial charge on any atom is 0.213 e. The smallest absolute Gasteiger partial charge is 0.213 e. The number of guanidine groups is 1. The average molecular weight is 540 g/mol. The Kier molecular flexibility index (Phi) is 13.0. The van der Waals surface area contributed by atoms with Gasteiger partial charge in [0.2, 0.25) is 10.0 Å². The number of ether oxygens (including phenoxy) is 1. The molecule has 1 aliphatic rings. The fourth-order valence-corrected chi connectivity index (χ4v) is 4.19. The number of halogens is 1. The Balaban J connectivity index is 0.00000676. The second kappa shape index (κ2) is 13.1. The minimum atomic E-state index is -3.40. The van der Waals surface area contributed by atoms with Crippen LogP contribution in [0.4, 0.5) is 0 Å². The van der Waals surface area contributed by atoms with Crippen LogP contribution in [0, 0.1) is 0 Å². The Bertz CT molecular complexity index is 649. The zero-order valence-electron chi connectivity index (χ0n) is 16.2. The first kappa shape index (κ1) is 26.8. The molecule has 0 amide bonds. The predicted octanol–water partition coefficient (Wildman–Crippen LogP) is 0.0811. The van der Waals surface area contributed by atoms with Crippen LogP contribution in [0.1, 0.15) is 32.6 Å². The molecule has 9 nitrogen and oxygen atoms in total. The third-order valence-electron chi connectivity index (χ3n) is 4.00. The molecule has 1 rings (SSSR count). The van der Waals surface area contributed by atoms with Crippen LogP contribution in [-0.2, 0) is 24.6 Å². The van der Waals surface area contributed by atoms with Gasteiger partial charge in [-0.15, -0.1) is 24.0 Å².